The molecule has 6 nitrogen and oxygen atoms in total. The maximum atomic E-state index is 4.28. The molecule has 0 saturated heterocycles. The van der Waals surface area contributed by atoms with Gasteiger partial charge in [-0.25, -0.2) is 4.98 Å². The Morgan fingerprint density at radius 2 is 2.41 bits per heavy atom. The van der Waals surface area contributed by atoms with Crippen LogP contribution in [0.1, 0.15) is 24.9 Å². The molecule has 6 heteroatoms. The molecule has 0 bridgehead atoms. The minimum absolute atomic E-state index is 0.841. The molecule has 2 heterocycles. The van der Waals surface area contributed by atoms with Gasteiger partial charge >= 0.3 is 0 Å². The summed E-state index contributed by atoms with van der Waals surface area (Å²) in [7, 11) is 0. The van der Waals surface area contributed by atoms with E-state index in [2.05, 4.69) is 38.6 Å². The Labute approximate surface area is 100 Å². The molecule has 0 amide bonds. The van der Waals surface area contributed by atoms with Crippen molar-refractivity contribution in [3.63, 3.8) is 0 Å². The molecule has 2 aromatic heterocycles. The third kappa shape index (κ3) is 3.39. The molecule has 0 radical (unpaired) electrons. The fraction of sp³-hybridized carbons (Fsp3) is 0.545. The van der Waals surface area contributed by atoms with Gasteiger partial charge in [-0.05, 0) is 12.5 Å². The smallest absolute Gasteiger partial charge is 0.137 e. The molecule has 0 unspecified atom stereocenters. The molecular weight excluding hydrogens is 216 g/mol. The molecule has 0 fully saturated rings. The summed E-state index contributed by atoms with van der Waals surface area (Å²) in [6.45, 7) is 4.86. The first-order chi connectivity index (χ1) is 8.40. The minimum atomic E-state index is 0.841. The van der Waals surface area contributed by atoms with Crippen molar-refractivity contribution < 1.29 is 0 Å². The first kappa shape index (κ1) is 11.8. The second kappa shape index (κ2) is 6.15. The van der Waals surface area contributed by atoms with Crippen LogP contribution in [-0.4, -0.2) is 31.5 Å². The molecule has 0 aliphatic rings. The van der Waals surface area contributed by atoms with Gasteiger partial charge in [-0.3, -0.25) is 9.78 Å². The lowest BCUT2D eigenvalue weighted by Gasteiger charge is -2.06. The number of hydrogen-bond acceptors (Lipinski definition) is 4. The van der Waals surface area contributed by atoms with Crippen LogP contribution in [-0.2, 0) is 19.5 Å². The van der Waals surface area contributed by atoms with E-state index in [-0.39, 0.29) is 0 Å². The van der Waals surface area contributed by atoms with E-state index in [4.69, 9.17) is 0 Å². The van der Waals surface area contributed by atoms with Crippen molar-refractivity contribution in [3.8, 4) is 0 Å². The number of aryl methyl sites for hydroxylation is 1. The highest BCUT2D eigenvalue weighted by molar-refractivity contribution is 5.00. The highest BCUT2D eigenvalue weighted by atomic mass is 15.3. The number of H-pyrrole nitrogens is 1. The van der Waals surface area contributed by atoms with Gasteiger partial charge < -0.3 is 5.32 Å². The molecule has 2 rings (SSSR count). The maximum Gasteiger partial charge on any atom is 0.137 e. The summed E-state index contributed by atoms with van der Waals surface area (Å²) in [5, 5.41) is 14.3. The van der Waals surface area contributed by atoms with Crippen molar-refractivity contribution in [3.05, 3.63) is 30.1 Å². The molecule has 0 aliphatic carbocycles. The van der Waals surface area contributed by atoms with E-state index in [0.29, 0.717) is 0 Å². The highest BCUT2D eigenvalue weighted by Gasteiger charge is 2.01. The fourth-order valence-electron chi connectivity index (χ4n) is 1.70. The van der Waals surface area contributed by atoms with Crippen LogP contribution in [0.4, 0.5) is 0 Å². The lowest BCUT2D eigenvalue weighted by molar-refractivity contribution is 0.549. The lowest BCUT2D eigenvalue weighted by atomic mass is 10.3. The molecule has 2 N–H and O–H groups in total. The zero-order valence-corrected chi connectivity index (χ0v) is 10.1. The van der Waals surface area contributed by atoms with Crippen molar-refractivity contribution in [2.24, 2.45) is 0 Å². The SMILES string of the molecule is CCCn1nccc1CNCCc1ncn[nH]1. The quantitative estimate of drug-likeness (QED) is 0.693. The number of nitrogens with zero attached hydrogens (tertiary/aromatic N) is 4. The first-order valence-electron chi connectivity index (χ1n) is 5.95. The Bertz CT molecular complexity index is 419. The predicted octanol–water partition coefficient (Wildman–Crippen LogP) is 0.743. The number of aromatic nitrogens is 5. The normalized spacial score (nSPS) is 10.9. The Morgan fingerprint density at radius 3 is 3.18 bits per heavy atom. The van der Waals surface area contributed by atoms with E-state index in [1.54, 1.807) is 0 Å². The Balaban J connectivity index is 1.72. The van der Waals surface area contributed by atoms with Gasteiger partial charge in [-0.15, -0.1) is 0 Å². The van der Waals surface area contributed by atoms with Crippen molar-refractivity contribution in [2.75, 3.05) is 6.54 Å². The number of aromatic amines is 1. The van der Waals surface area contributed by atoms with E-state index in [1.807, 2.05) is 10.9 Å². The van der Waals surface area contributed by atoms with E-state index >= 15 is 0 Å². The minimum Gasteiger partial charge on any atom is -0.311 e. The Hall–Kier alpha value is -1.69. The van der Waals surface area contributed by atoms with E-state index < -0.39 is 0 Å². The van der Waals surface area contributed by atoms with E-state index in [1.165, 1.54) is 12.0 Å². The summed E-state index contributed by atoms with van der Waals surface area (Å²) >= 11 is 0. The monoisotopic (exact) mass is 234 g/mol. The second-order valence-corrected chi connectivity index (χ2v) is 3.90. The van der Waals surface area contributed by atoms with Crippen LogP contribution in [0.3, 0.4) is 0 Å². The molecule has 0 aromatic carbocycles. The Kier molecular flexibility index (Phi) is 4.26. The fourth-order valence-corrected chi connectivity index (χ4v) is 1.70. The first-order valence-corrected chi connectivity index (χ1v) is 5.95. The second-order valence-electron chi connectivity index (χ2n) is 3.90. The molecular formula is C11H18N6. The lowest BCUT2D eigenvalue weighted by Crippen LogP contribution is -2.19. The summed E-state index contributed by atoms with van der Waals surface area (Å²) < 4.78 is 2.04. The molecule has 0 spiro atoms. The molecule has 0 atom stereocenters. The average Bonchev–Trinajstić information content (AvgIpc) is 2.96. The largest absolute Gasteiger partial charge is 0.311 e. The van der Waals surface area contributed by atoms with Gasteiger partial charge in [0.25, 0.3) is 0 Å². The summed E-state index contributed by atoms with van der Waals surface area (Å²) in [4.78, 5) is 4.07. The van der Waals surface area contributed by atoms with Crippen molar-refractivity contribution in [2.45, 2.75) is 32.9 Å². The van der Waals surface area contributed by atoms with Crippen LogP contribution in [0.2, 0.25) is 0 Å². The topological polar surface area (TPSA) is 71.4 Å². The summed E-state index contributed by atoms with van der Waals surface area (Å²) in [5.41, 5.74) is 1.23. The molecule has 17 heavy (non-hydrogen) atoms. The Morgan fingerprint density at radius 1 is 1.47 bits per heavy atom. The standard InChI is InChI=1S/C11H18N6/c1-2-7-17-10(3-6-15-17)8-12-5-4-11-13-9-14-16-11/h3,6,9,12H,2,4-5,7-8H2,1H3,(H,13,14,16). The number of hydrogen-bond donors (Lipinski definition) is 2. The van der Waals surface area contributed by atoms with Gasteiger partial charge in [0.05, 0.1) is 5.69 Å². The number of nitrogens with one attached hydrogen (secondary N) is 2. The van der Waals surface area contributed by atoms with Crippen molar-refractivity contribution >= 4 is 0 Å². The van der Waals surface area contributed by atoms with Gasteiger partial charge in [0.2, 0.25) is 0 Å². The summed E-state index contributed by atoms with van der Waals surface area (Å²) in [6, 6.07) is 2.05. The zero-order chi connectivity index (χ0) is 11.9. The summed E-state index contributed by atoms with van der Waals surface area (Å²) in [6.07, 6.45) is 5.35. The third-order valence-electron chi connectivity index (χ3n) is 2.55. The van der Waals surface area contributed by atoms with Crippen LogP contribution in [0.15, 0.2) is 18.6 Å². The number of rotatable bonds is 7. The zero-order valence-electron chi connectivity index (χ0n) is 10.1. The van der Waals surface area contributed by atoms with Crippen LogP contribution in [0.25, 0.3) is 0 Å². The van der Waals surface area contributed by atoms with Gasteiger partial charge in [0, 0.05) is 32.3 Å². The average molecular weight is 234 g/mol. The van der Waals surface area contributed by atoms with Crippen LogP contribution in [0.5, 0.6) is 0 Å². The van der Waals surface area contributed by atoms with E-state index in [0.717, 1.165) is 38.3 Å². The highest BCUT2D eigenvalue weighted by Crippen LogP contribution is 1.99. The van der Waals surface area contributed by atoms with Crippen LogP contribution < -0.4 is 5.32 Å². The predicted molar refractivity (Wildman–Crippen MR) is 64.3 cm³/mol. The van der Waals surface area contributed by atoms with Crippen molar-refractivity contribution in [1.29, 1.82) is 0 Å². The third-order valence-corrected chi connectivity index (χ3v) is 2.55. The molecule has 2 aromatic rings. The van der Waals surface area contributed by atoms with Crippen LogP contribution >= 0.6 is 0 Å². The molecule has 0 aliphatic heterocycles. The van der Waals surface area contributed by atoms with Crippen molar-refractivity contribution in [1.82, 2.24) is 30.3 Å². The molecule has 92 valence electrons. The van der Waals surface area contributed by atoms with Gasteiger partial charge in [-0.2, -0.15) is 10.2 Å². The molecule has 0 saturated carbocycles. The van der Waals surface area contributed by atoms with Crippen LogP contribution in [0, 0.1) is 0 Å². The van der Waals surface area contributed by atoms with Gasteiger partial charge in [0.15, 0.2) is 0 Å². The van der Waals surface area contributed by atoms with E-state index in [9.17, 15) is 0 Å². The van der Waals surface area contributed by atoms with Gasteiger partial charge in [0.1, 0.15) is 12.2 Å². The maximum absolute atomic E-state index is 4.28. The summed E-state index contributed by atoms with van der Waals surface area (Å²) in [5.74, 6) is 0.916. The van der Waals surface area contributed by atoms with Gasteiger partial charge in [-0.1, -0.05) is 6.92 Å².